The van der Waals surface area contributed by atoms with Gasteiger partial charge in [-0.25, -0.2) is 8.78 Å². The standard InChI is InChI=1S/C11H11BrF2INO2/c1-2-18-10(17)3-6-7(15)4-8(11(13)14)16-9(6)5-12/h4,11H,2-3,5H2,1H3. The summed E-state index contributed by atoms with van der Waals surface area (Å²) in [7, 11) is 0. The van der Waals surface area contributed by atoms with Crippen LogP contribution >= 0.6 is 38.5 Å². The molecule has 0 saturated carbocycles. The minimum atomic E-state index is -2.62. The van der Waals surface area contributed by atoms with Gasteiger partial charge in [-0.3, -0.25) is 9.78 Å². The molecular formula is C11H11BrF2INO2. The number of halogens is 4. The van der Waals surface area contributed by atoms with E-state index in [1.807, 2.05) is 22.6 Å². The van der Waals surface area contributed by atoms with Crippen LogP contribution in [0.15, 0.2) is 6.07 Å². The van der Waals surface area contributed by atoms with Gasteiger partial charge in [0.2, 0.25) is 0 Å². The van der Waals surface area contributed by atoms with Crippen LogP contribution in [0.2, 0.25) is 0 Å². The molecule has 7 heteroatoms. The van der Waals surface area contributed by atoms with Crippen molar-refractivity contribution in [2.24, 2.45) is 0 Å². The first-order valence-corrected chi connectivity index (χ1v) is 7.37. The second-order valence-electron chi connectivity index (χ2n) is 3.37. The zero-order valence-corrected chi connectivity index (χ0v) is 13.3. The average molecular weight is 434 g/mol. The maximum Gasteiger partial charge on any atom is 0.310 e. The molecule has 18 heavy (non-hydrogen) atoms. The number of carbonyl (C=O) groups is 1. The van der Waals surface area contributed by atoms with E-state index in [4.69, 9.17) is 4.74 Å². The molecule has 0 fully saturated rings. The SMILES string of the molecule is CCOC(=O)Cc1c(I)cc(C(F)F)nc1CBr. The van der Waals surface area contributed by atoms with Crippen molar-refractivity contribution in [2.75, 3.05) is 6.61 Å². The summed E-state index contributed by atoms with van der Waals surface area (Å²) in [6.07, 6.45) is -2.57. The smallest absolute Gasteiger partial charge is 0.310 e. The summed E-state index contributed by atoms with van der Waals surface area (Å²) < 4.78 is 30.7. The molecule has 0 atom stereocenters. The van der Waals surface area contributed by atoms with Gasteiger partial charge >= 0.3 is 5.97 Å². The highest BCUT2D eigenvalue weighted by Crippen LogP contribution is 2.25. The van der Waals surface area contributed by atoms with Crippen molar-refractivity contribution < 1.29 is 18.3 Å². The lowest BCUT2D eigenvalue weighted by Gasteiger charge is -2.11. The fourth-order valence-corrected chi connectivity index (χ4v) is 2.66. The lowest BCUT2D eigenvalue weighted by molar-refractivity contribution is -0.142. The summed E-state index contributed by atoms with van der Waals surface area (Å²) >= 11 is 5.12. The highest BCUT2D eigenvalue weighted by atomic mass is 127. The minimum Gasteiger partial charge on any atom is -0.466 e. The van der Waals surface area contributed by atoms with Crippen LogP contribution < -0.4 is 0 Å². The molecule has 0 aromatic carbocycles. The van der Waals surface area contributed by atoms with Gasteiger partial charge in [-0.2, -0.15) is 0 Å². The van der Waals surface area contributed by atoms with Crippen LogP contribution in [-0.4, -0.2) is 17.6 Å². The average Bonchev–Trinajstić information content (AvgIpc) is 2.31. The molecule has 0 aliphatic carbocycles. The van der Waals surface area contributed by atoms with Gasteiger partial charge < -0.3 is 4.74 Å². The molecular weight excluding hydrogens is 423 g/mol. The lowest BCUT2D eigenvalue weighted by Crippen LogP contribution is -2.12. The van der Waals surface area contributed by atoms with E-state index in [0.29, 0.717) is 26.8 Å². The number of aromatic nitrogens is 1. The Hall–Kier alpha value is -0.310. The molecule has 0 aliphatic heterocycles. The molecule has 0 bridgehead atoms. The number of esters is 1. The Morgan fingerprint density at radius 1 is 1.61 bits per heavy atom. The monoisotopic (exact) mass is 433 g/mol. The Kier molecular flexibility index (Phi) is 6.40. The van der Waals surface area contributed by atoms with E-state index >= 15 is 0 Å². The maximum atomic E-state index is 12.6. The lowest BCUT2D eigenvalue weighted by atomic mass is 10.1. The van der Waals surface area contributed by atoms with Crippen molar-refractivity contribution in [3.63, 3.8) is 0 Å². The highest BCUT2D eigenvalue weighted by molar-refractivity contribution is 14.1. The summed E-state index contributed by atoms with van der Waals surface area (Å²) in [4.78, 5) is 15.3. The molecule has 1 aromatic rings. The molecule has 3 nitrogen and oxygen atoms in total. The fraction of sp³-hybridized carbons (Fsp3) is 0.455. The molecule has 0 saturated heterocycles. The van der Waals surface area contributed by atoms with Gasteiger partial charge in [0.1, 0.15) is 5.69 Å². The van der Waals surface area contributed by atoms with Crippen LogP contribution in [0.5, 0.6) is 0 Å². The predicted molar refractivity (Wildman–Crippen MR) is 74.9 cm³/mol. The Labute approximate surface area is 126 Å². The van der Waals surface area contributed by atoms with Gasteiger partial charge in [0.05, 0.1) is 18.7 Å². The molecule has 0 radical (unpaired) electrons. The van der Waals surface area contributed by atoms with Crippen LogP contribution in [0.25, 0.3) is 0 Å². The van der Waals surface area contributed by atoms with E-state index in [1.54, 1.807) is 6.92 Å². The molecule has 0 unspecified atom stereocenters. The normalized spacial score (nSPS) is 10.8. The molecule has 0 N–H and O–H groups in total. The molecule has 0 spiro atoms. The third-order valence-electron chi connectivity index (χ3n) is 2.15. The first-order chi connectivity index (χ1) is 8.49. The summed E-state index contributed by atoms with van der Waals surface area (Å²) in [5.41, 5.74) is 0.807. The van der Waals surface area contributed by atoms with Gasteiger partial charge in [-0.15, -0.1) is 0 Å². The zero-order valence-electron chi connectivity index (χ0n) is 9.55. The Bertz CT molecular complexity index is 443. The third kappa shape index (κ3) is 4.11. The summed E-state index contributed by atoms with van der Waals surface area (Å²) in [6.45, 7) is 2.01. The van der Waals surface area contributed by atoms with E-state index in [2.05, 4.69) is 20.9 Å². The summed E-state index contributed by atoms with van der Waals surface area (Å²) in [5.74, 6) is -0.385. The number of alkyl halides is 3. The first-order valence-electron chi connectivity index (χ1n) is 5.17. The van der Waals surface area contributed by atoms with Gasteiger partial charge in [-0.05, 0) is 41.1 Å². The molecule has 0 aliphatic rings. The van der Waals surface area contributed by atoms with E-state index in [-0.39, 0.29) is 18.1 Å². The molecule has 1 heterocycles. The van der Waals surface area contributed by atoms with Gasteiger partial charge in [-0.1, -0.05) is 15.9 Å². The fourth-order valence-electron chi connectivity index (χ4n) is 1.38. The van der Waals surface area contributed by atoms with E-state index < -0.39 is 6.43 Å². The number of hydrogen-bond acceptors (Lipinski definition) is 3. The van der Waals surface area contributed by atoms with Crippen LogP contribution in [0.3, 0.4) is 0 Å². The number of carbonyl (C=O) groups excluding carboxylic acids is 1. The second kappa shape index (κ2) is 7.32. The summed E-state index contributed by atoms with van der Waals surface area (Å²) in [6, 6.07) is 1.30. The van der Waals surface area contributed by atoms with Crippen molar-refractivity contribution in [3.8, 4) is 0 Å². The van der Waals surface area contributed by atoms with Gasteiger partial charge in [0.25, 0.3) is 6.43 Å². The maximum absolute atomic E-state index is 12.6. The third-order valence-corrected chi connectivity index (χ3v) is 3.65. The summed E-state index contributed by atoms with van der Waals surface area (Å²) in [5, 5.41) is 0.318. The van der Waals surface area contributed by atoms with E-state index in [1.165, 1.54) is 6.07 Å². The predicted octanol–water partition coefficient (Wildman–Crippen LogP) is 3.62. The Balaban J connectivity index is 3.07. The van der Waals surface area contributed by atoms with E-state index in [9.17, 15) is 13.6 Å². The zero-order chi connectivity index (χ0) is 13.7. The number of pyridine rings is 1. The quantitative estimate of drug-likeness (QED) is 0.404. The van der Waals surface area contributed by atoms with E-state index in [0.717, 1.165) is 0 Å². The second-order valence-corrected chi connectivity index (χ2v) is 5.09. The minimum absolute atomic E-state index is 0.0452. The van der Waals surface area contributed by atoms with Crippen molar-refractivity contribution in [3.05, 3.63) is 26.6 Å². The molecule has 1 rings (SSSR count). The highest BCUT2D eigenvalue weighted by Gasteiger charge is 2.18. The topological polar surface area (TPSA) is 39.2 Å². The number of hydrogen-bond donors (Lipinski definition) is 0. The van der Waals surface area contributed by atoms with Crippen LogP contribution in [0.4, 0.5) is 8.78 Å². The largest absolute Gasteiger partial charge is 0.466 e. The van der Waals surface area contributed by atoms with Crippen LogP contribution in [0.1, 0.15) is 30.3 Å². The van der Waals surface area contributed by atoms with Crippen molar-refractivity contribution in [1.82, 2.24) is 4.98 Å². The van der Waals surface area contributed by atoms with Crippen molar-refractivity contribution in [2.45, 2.75) is 25.1 Å². The Morgan fingerprint density at radius 3 is 2.78 bits per heavy atom. The number of ether oxygens (including phenoxy) is 1. The number of rotatable bonds is 5. The van der Waals surface area contributed by atoms with Crippen molar-refractivity contribution >= 4 is 44.5 Å². The van der Waals surface area contributed by atoms with Crippen LogP contribution in [0, 0.1) is 3.57 Å². The molecule has 100 valence electrons. The number of nitrogens with zero attached hydrogens (tertiary/aromatic N) is 1. The van der Waals surface area contributed by atoms with Crippen LogP contribution in [-0.2, 0) is 21.3 Å². The van der Waals surface area contributed by atoms with Crippen molar-refractivity contribution in [1.29, 1.82) is 0 Å². The molecule has 1 aromatic heterocycles. The van der Waals surface area contributed by atoms with Gasteiger partial charge in [0.15, 0.2) is 0 Å². The van der Waals surface area contributed by atoms with Gasteiger partial charge in [0, 0.05) is 8.90 Å². The first kappa shape index (κ1) is 15.7. The Morgan fingerprint density at radius 2 is 2.28 bits per heavy atom. The molecule has 0 amide bonds.